The number of fused-ring (bicyclic) bond motifs is 1. The van der Waals surface area contributed by atoms with E-state index >= 15 is 0 Å². The Balaban J connectivity index is 1.32. The monoisotopic (exact) mass is 497 g/mol. The third-order valence-corrected chi connectivity index (χ3v) is 6.61. The molecule has 4 aromatic rings. The van der Waals surface area contributed by atoms with Crippen LogP contribution in [0.15, 0.2) is 72.1 Å². The zero-order valence-electron chi connectivity index (χ0n) is 19.8. The number of aromatic nitrogens is 1. The number of nitrogens with zero attached hydrogens (tertiary/aromatic N) is 2. The summed E-state index contributed by atoms with van der Waals surface area (Å²) in [5.74, 6) is -0.444. The molecule has 1 N–H and O–H groups in total. The van der Waals surface area contributed by atoms with Crippen molar-refractivity contribution < 1.29 is 19.1 Å². The van der Waals surface area contributed by atoms with Gasteiger partial charge in [0.1, 0.15) is 5.75 Å². The standard InChI is InChI=1S/C28H23N3O4S/c1-3-14-35-20-11-8-18(9-12-20)23-16-36-28(29-23)30-25(32)19-10-13-21-22(15-19)27(34)31(26(21)33)24-7-5-4-6-17(24)2/h4-13,15-16H,3,14H2,1-2H3,(H,29,30,32). The van der Waals surface area contributed by atoms with E-state index in [0.29, 0.717) is 17.4 Å². The molecule has 0 fully saturated rings. The SMILES string of the molecule is CCCOc1ccc(-c2csc(NC(=O)c3ccc4c(c3)C(=O)N(c3ccccc3C)C4=O)n2)cc1. The van der Waals surface area contributed by atoms with Gasteiger partial charge in [0.2, 0.25) is 0 Å². The summed E-state index contributed by atoms with van der Waals surface area (Å²) in [6, 6.07) is 19.4. The quantitative estimate of drug-likeness (QED) is 0.318. The van der Waals surface area contributed by atoms with Crippen molar-refractivity contribution in [1.29, 1.82) is 0 Å². The molecule has 0 unspecified atom stereocenters. The maximum absolute atomic E-state index is 13.1. The first-order valence-corrected chi connectivity index (χ1v) is 12.4. The number of hydrogen-bond acceptors (Lipinski definition) is 6. The van der Waals surface area contributed by atoms with Crippen molar-refractivity contribution in [3.05, 3.63) is 94.4 Å². The van der Waals surface area contributed by atoms with Gasteiger partial charge in [-0.1, -0.05) is 25.1 Å². The second kappa shape index (κ2) is 9.75. The fourth-order valence-corrected chi connectivity index (χ4v) is 4.70. The lowest BCUT2D eigenvalue weighted by atomic mass is 10.1. The molecule has 180 valence electrons. The molecule has 0 atom stereocenters. The summed E-state index contributed by atoms with van der Waals surface area (Å²) in [7, 11) is 0. The average Bonchev–Trinajstić information content (AvgIpc) is 3.45. The number of carbonyl (C=O) groups excluding carboxylic acids is 3. The molecule has 2 heterocycles. The summed E-state index contributed by atoms with van der Waals surface area (Å²) < 4.78 is 5.61. The first-order chi connectivity index (χ1) is 17.5. The van der Waals surface area contributed by atoms with Crippen LogP contribution in [-0.2, 0) is 0 Å². The average molecular weight is 498 g/mol. The Hall–Kier alpha value is -4.30. The third kappa shape index (κ3) is 4.38. The van der Waals surface area contributed by atoms with Gasteiger partial charge in [0.05, 0.1) is 29.1 Å². The van der Waals surface area contributed by atoms with Crippen molar-refractivity contribution in [2.24, 2.45) is 0 Å². The molecular formula is C28H23N3O4S. The molecule has 1 aromatic heterocycles. The largest absolute Gasteiger partial charge is 0.494 e. The minimum atomic E-state index is -0.443. The highest BCUT2D eigenvalue weighted by Gasteiger charge is 2.37. The minimum absolute atomic E-state index is 0.209. The van der Waals surface area contributed by atoms with Gasteiger partial charge >= 0.3 is 0 Å². The number of benzene rings is 3. The van der Waals surface area contributed by atoms with Gasteiger partial charge in [0.15, 0.2) is 5.13 Å². The Labute approximate surface area is 212 Å². The Kier molecular flexibility index (Phi) is 6.35. The van der Waals surface area contributed by atoms with Crippen LogP contribution in [0.3, 0.4) is 0 Å². The predicted molar refractivity (Wildman–Crippen MR) is 140 cm³/mol. The Bertz CT molecular complexity index is 1480. The van der Waals surface area contributed by atoms with E-state index in [1.54, 1.807) is 18.2 Å². The fraction of sp³-hybridized carbons (Fsp3) is 0.143. The van der Waals surface area contributed by atoms with E-state index in [9.17, 15) is 14.4 Å². The van der Waals surface area contributed by atoms with Crippen LogP contribution in [0.1, 0.15) is 50.0 Å². The first-order valence-electron chi connectivity index (χ1n) is 11.5. The van der Waals surface area contributed by atoms with Crippen LogP contribution in [-0.4, -0.2) is 29.3 Å². The molecule has 7 nitrogen and oxygen atoms in total. The van der Waals surface area contributed by atoms with Gasteiger partial charge in [0, 0.05) is 16.5 Å². The highest BCUT2D eigenvalue weighted by atomic mass is 32.1. The summed E-state index contributed by atoms with van der Waals surface area (Å²) in [5, 5.41) is 5.09. The highest BCUT2D eigenvalue weighted by molar-refractivity contribution is 7.14. The summed E-state index contributed by atoms with van der Waals surface area (Å²) >= 11 is 1.31. The van der Waals surface area contributed by atoms with E-state index in [-0.39, 0.29) is 16.7 Å². The molecule has 0 spiro atoms. The van der Waals surface area contributed by atoms with Gasteiger partial charge in [-0.25, -0.2) is 9.88 Å². The van der Waals surface area contributed by atoms with Gasteiger partial charge in [-0.15, -0.1) is 11.3 Å². The summed E-state index contributed by atoms with van der Waals surface area (Å²) in [6.07, 6.45) is 0.941. The smallest absolute Gasteiger partial charge is 0.266 e. The third-order valence-electron chi connectivity index (χ3n) is 5.85. The minimum Gasteiger partial charge on any atom is -0.494 e. The summed E-state index contributed by atoms with van der Waals surface area (Å²) in [5.41, 5.74) is 3.76. The van der Waals surface area contributed by atoms with Crippen LogP contribution in [0, 0.1) is 6.92 Å². The van der Waals surface area contributed by atoms with Crippen molar-refractivity contribution >= 4 is 39.9 Å². The van der Waals surface area contributed by atoms with Crippen LogP contribution in [0.2, 0.25) is 0 Å². The number of para-hydroxylation sites is 1. The van der Waals surface area contributed by atoms with Gasteiger partial charge in [0.25, 0.3) is 17.7 Å². The number of imide groups is 1. The topological polar surface area (TPSA) is 88.6 Å². The van der Waals surface area contributed by atoms with Gasteiger partial charge < -0.3 is 4.74 Å². The number of amides is 3. The van der Waals surface area contributed by atoms with E-state index < -0.39 is 17.7 Å². The van der Waals surface area contributed by atoms with Crippen LogP contribution in [0.5, 0.6) is 5.75 Å². The van der Waals surface area contributed by atoms with E-state index in [1.165, 1.54) is 23.5 Å². The summed E-state index contributed by atoms with van der Waals surface area (Å²) in [6.45, 7) is 4.56. The molecule has 0 bridgehead atoms. The molecule has 0 radical (unpaired) electrons. The van der Waals surface area contributed by atoms with Crippen molar-refractivity contribution in [3.8, 4) is 17.0 Å². The van der Waals surface area contributed by atoms with E-state index in [2.05, 4.69) is 17.2 Å². The molecule has 8 heteroatoms. The van der Waals surface area contributed by atoms with Crippen molar-refractivity contribution in [2.75, 3.05) is 16.8 Å². The van der Waals surface area contributed by atoms with Gasteiger partial charge in [-0.05, 0) is 67.4 Å². The highest BCUT2D eigenvalue weighted by Crippen LogP contribution is 2.32. The zero-order valence-corrected chi connectivity index (χ0v) is 20.6. The second-order valence-electron chi connectivity index (χ2n) is 8.36. The Morgan fingerprint density at radius 1 is 1.00 bits per heavy atom. The molecule has 5 rings (SSSR count). The zero-order chi connectivity index (χ0) is 25.2. The lowest BCUT2D eigenvalue weighted by molar-refractivity contribution is 0.0925. The lowest BCUT2D eigenvalue weighted by Gasteiger charge is -2.16. The molecule has 0 aliphatic carbocycles. The maximum atomic E-state index is 13.1. The normalized spacial score (nSPS) is 12.6. The van der Waals surface area contributed by atoms with E-state index in [1.807, 2.05) is 48.7 Å². The molecule has 1 aliphatic rings. The van der Waals surface area contributed by atoms with Crippen LogP contribution >= 0.6 is 11.3 Å². The molecule has 1 aliphatic heterocycles. The number of carbonyl (C=O) groups is 3. The molecule has 0 saturated heterocycles. The van der Waals surface area contributed by atoms with Crippen molar-refractivity contribution in [2.45, 2.75) is 20.3 Å². The lowest BCUT2D eigenvalue weighted by Crippen LogP contribution is -2.29. The maximum Gasteiger partial charge on any atom is 0.266 e. The van der Waals surface area contributed by atoms with Crippen molar-refractivity contribution in [1.82, 2.24) is 4.98 Å². The molecule has 36 heavy (non-hydrogen) atoms. The number of hydrogen-bond donors (Lipinski definition) is 1. The van der Waals surface area contributed by atoms with Crippen LogP contribution in [0.25, 0.3) is 11.3 Å². The number of anilines is 2. The number of nitrogens with one attached hydrogen (secondary N) is 1. The van der Waals surface area contributed by atoms with Crippen LogP contribution < -0.4 is 15.0 Å². The molecular weight excluding hydrogens is 474 g/mol. The number of aryl methyl sites for hydroxylation is 1. The molecule has 3 amide bonds. The summed E-state index contributed by atoms with van der Waals surface area (Å²) in [4.78, 5) is 44.6. The van der Waals surface area contributed by atoms with E-state index in [4.69, 9.17) is 4.74 Å². The Morgan fingerprint density at radius 3 is 2.50 bits per heavy atom. The fourth-order valence-electron chi connectivity index (χ4n) is 3.99. The van der Waals surface area contributed by atoms with Crippen LogP contribution in [0.4, 0.5) is 10.8 Å². The van der Waals surface area contributed by atoms with Crippen molar-refractivity contribution in [3.63, 3.8) is 0 Å². The Morgan fingerprint density at radius 2 is 1.75 bits per heavy atom. The number of ether oxygens (including phenoxy) is 1. The molecule has 0 saturated carbocycles. The predicted octanol–water partition coefficient (Wildman–Crippen LogP) is 5.96. The first kappa shape index (κ1) is 23.4. The van der Waals surface area contributed by atoms with E-state index in [0.717, 1.165) is 33.9 Å². The number of rotatable bonds is 7. The number of thiazole rings is 1. The van der Waals surface area contributed by atoms with Gasteiger partial charge in [-0.3, -0.25) is 19.7 Å². The van der Waals surface area contributed by atoms with Gasteiger partial charge in [-0.2, -0.15) is 0 Å². The second-order valence-corrected chi connectivity index (χ2v) is 9.22. The molecule has 3 aromatic carbocycles.